The molecule has 0 bridgehead atoms. The molecule has 2 amide bonds. The molecule has 2 aliphatic heterocycles. The molecule has 2 saturated heterocycles. The summed E-state index contributed by atoms with van der Waals surface area (Å²) in [6.07, 6.45) is 6.62. The fourth-order valence-corrected chi connectivity index (χ4v) is 4.00. The summed E-state index contributed by atoms with van der Waals surface area (Å²) in [5.41, 5.74) is 0.808. The molecule has 8 heteroatoms. The van der Waals surface area contributed by atoms with Crippen molar-refractivity contribution in [1.29, 1.82) is 0 Å². The molecule has 2 heterocycles. The Morgan fingerprint density at radius 3 is 2.73 bits per heavy atom. The van der Waals surface area contributed by atoms with Gasteiger partial charge in [-0.3, -0.25) is 9.59 Å². The highest BCUT2D eigenvalue weighted by atomic mass is 35.5. The lowest BCUT2D eigenvalue weighted by atomic mass is 10.1. The molecule has 1 aromatic rings. The van der Waals surface area contributed by atoms with Crippen molar-refractivity contribution in [2.45, 2.75) is 31.7 Å². The summed E-state index contributed by atoms with van der Waals surface area (Å²) in [4.78, 5) is 28.6. The maximum Gasteiger partial charge on any atom is 0.246 e. The lowest BCUT2D eigenvalue weighted by Gasteiger charge is -2.25. The van der Waals surface area contributed by atoms with E-state index in [1.807, 2.05) is 4.90 Å². The zero-order valence-corrected chi connectivity index (χ0v) is 18.6. The fraction of sp³-hybridized carbons (Fsp3) is 0.545. The summed E-state index contributed by atoms with van der Waals surface area (Å²) in [5, 5.41) is 4.48. The van der Waals surface area contributed by atoms with Gasteiger partial charge in [0.2, 0.25) is 11.8 Å². The summed E-state index contributed by atoms with van der Waals surface area (Å²) in [6.45, 7) is 4.82. The Morgan fingerprint density at radius 2 is 1.97 bits per heavy atom. The number of nitrogens with zero attached hydrogens (tertiary/aromatic N) is 2. The van der Waals surface area contributed by atoms with Gasteiger partial charge in [-0.1, -0.05) is 29.3 Å². The Morgan fingerprint density at radius 1 is 1.17 bits per heavy atom. The first kappa shape index (κ1) is 23.1. The average molecular weight is 454 g/mol. The predicted molar refractivity (Wildman–Crippen MR) is 120 cm³/mol. The second-order valence-electron chi connectivity index (χ2n) is 7.66. The first-order chi connectivity index (χ1) is 14.5. The molecule has 0 radical (unpaired) electrons. The zero-order chi connectivity index (χ0) is 21.3. The molecule has 0 aromatic heterocycles. The van der Waals surface area contributed by atoms with Gasteiger partial charge in [0, 0.05) is 57.9 Å². The number of amides is 2. The van der Waals surface area contributed by atoms with Crippen LogP contribution in [-0.4, -0.2) is 73.6 Å². The Bertz CT molecular complexity index is 766. The third-order valence-electron chi connectivity index (χ3n) is 5.52. The minimum atomic E-state index is -0.100. The minimum absolute atomic E-state index is 0.100. The standard InChI is InChI=1S/C22H29Cl2N3O3/c23-19-4-2-17(16-20(19)24)3-5-21(28)27-11-6-22(29)26(12-13-27)10-1-9-25-18-7-14-30-15-8-18/h2-5,16,18,25H,1,6-15H2. The van der Waals surface area contributed by atoms with E-state index in [0.717, 1.165) is 51.1 Å². The van der Waals surface area contributed by atoms with Gasteiger partial charge in [0.05, 0.1) is 10.0 Å². The van der Waals surface area contributed by atoms with E-state index in [0.29, 0.717) is 42.1 Å². The predicted octanol–water partition coefficient (Wildman–Crippen LogP) is 3.23. The molecule has 1 N–H and O–H groups in total. The minimum Gasteiger partial charge on any atom is -0.381 e. The highest BCUT2D eigenvalue weighted by molar-refractivity contribution is 6.42. The van der Waals surface area contributed by atoms with E-state index >= 15 is 0 Å². The first-order valence-corrected chi connectivity index (χ1v) is 11.3. The number of benzene rings is 1. The van der Waals surface area contributed by atoms with Gasteiger partial charge in [-0.15, -0.1) is 0 Å². The molecular formula is C22H29Cl2N3O3. The molecule has 3 rings (SSSR count). The number of rotatable bonds is 7. The normalized spacial score (nSPS) is 18.8. The third-order valence-corrected chi connectivity index (χ3v) is 6.26. The van der Waals surface area contributed by atoms with Crippen molar-refractivity contribution in [3.8, 4) is 0 Å². The Balaban J connectivity index is 1.43. The number of carbonyl (C=O) groups excluding carboxylic acids is 2. The van der Waals surface area contributed by atoms with Crippen LogP contribution in [0.2, 0.25) is 10.0 Å². The van der Waals surface area contributed by atoms with Crippen LogP contribution in [0.3, 0.4) is 0 Å². The molecule has 2 fully saturated rings. The topological polar surface area (TPSA) is 61.9 Å². The number of hydrogen-bond acceptors (Lipinski definition) is 4. The summed E-state index contributed by atoms with van der Waals surface area (Å²) >= 11 is 11.9. The second-order valence-corrected chi connectivity index (χ2v) is 8.47. The van der Waals surface area contributed by atoms with Crippen molar-refractivity contribution in [2.75, 3.05) is 45.9 Å². The summed E-state index contributed by atoms with van der Waals surface area (Å²) in [6, 6.07) is 5.75. The van der Waals surface area contributed by atoms with Crippen LogP contribution in [-0.2, 0) is 14.3 Å². The lowest BCUT2D eigenvalue weighted by Crippen LogP contribution is -2.38. The molecule has 0 atom stereocenters. The zero-order valence-electron chi connectivity index (χ0n) is 17.1. The second kappa shape index (κ2) is 11.7. The maximum atomic E-state index is 12.6. The van der Waals surface area contributed by atoms with Gasteiger partial charge in [-0.2, -0.15) is 0 Å². The number of hydrogen-bond donors (Lipinski definition) is 1. The van der Waals surface area contributed by atoms with Gasteiger partial charge in [0.1, 0.15) is 0 Å². The van der Waals surface area contributed by atoms with Crippen molar-refractivity contribution in [3.63, 3.8) is 0 Å². The van der Waals surface area contributed by atoms with Crippen molar-refractivity contribution in [1.82, 2.24) is 15.1 Å². The lowest BCUT2D eigenvalue weighted by molar-refractivity contribution is -0.130. The first-order valence-electron chi connectivity index (χ1n) is 10.5. The van der Waals surface area contributed by atoms with Crippen LogP contribution in [0.25, 0.3) is 6.08 Å². The number of halogens is 2. The van der Waals surface area contributed by atoms with Gasteiger partial charge < -0.3 is 19.9 Å². The molecule has 164 valence electrons. The van der Waals surface area contributed by atoms with Crippen LogP contribution in [0.4, 0.5) is 0 Å². The molecule has 30 heavy (non-hydrogen) atoms. The maximum absolute atomic E-state index is 12.6. The fourth-order valence-electron chi connectivity index (χ4n) is 3.69. The van der Waals surface area contributed by atoms with Crippen molar-refractivity contribution >= 4 is 41.1 Å². The molecular weight excluding hydrogens is 425 g/mol. The molecule has 6 nitrogen and oxygen atoms in total. The van der Waals surface area contributed by atoms with Crippen LogP contribution >= 0.6 is 23.2 Å². The number of nitrogens with one attached hydrogen (secondary N) is 1. The molecule has 0 aliphatic carbocycles. The molecule has 2 aliphatic rings. The monoisotopic (exact) mass is 453 g/mol. The van der Waals surface area contributed by atoms with Crippen LogP contribution in [0.15, 0.2) is 24.3 Å². The molecule has 1 aromatic carbocycles. The van der Waals surface area contributed by atoms with E-state index in [9.17, 15) is 9.59 Å². The van der Waals surface area contributed by atoms with E-state index in [-0.39, 0.29) is 11.8 Å². The van der Waals surface area contributed by atoms with E-state index in [2.05, 4.69) is 5.32 Å². The Labute approximate surface area is 188 Å². The smallest absolute Gasteiger partial charge is 0.246 e. The molecule has 0 saturated carbocycles. The highest BCUT2D eigenvalue weighted by Gasteiger charge is 2.22. The highest BCUT2D eigenvalue weighted by Crippen LogP contribution is 2.23. The van der Waals surface area contributed by atoms with E-state index in [4.69, 9.17) is 27.9 Å². The molecule has 0 spiro atoms. The molecule has 0 unspecified atom stereocenters. The Hall–Kier alpha value is -1.60. The third kappa shape index (κ3) is 6.98. The summed E-state index contributed by atoms with van der Waals surface area (Å²) in [7, 11) is 0. The van der Waals surface area contributed by atoms with Crippen molar-refractivity contribution in [3.05, 3.63) is 39.9 Å². The van der Waals surface area contributed by atoms with Crippen LogP contribution in [0.5, 0.6) is 0 Å². The Kier molecular flexibility index (Phi) is 9.00. The quantitative estimate of drug-likeness (QED) is 0.508. The van der Waals surface area contributed by atoms with E-state index in [1.54, 1.807) is 29.2 Å². The summed E-state index contributed by atoms with van der Waals surface area (Å²) in [5.74, 6) is 0.0155. The van der Waals surface area contributed by atoms with Crippen LogP contribution in [0, 0.1) is 0 Å². The van der Waals surface area contributed by atoms with Gasteiger partial charge in [0.15, 0.2) is 0 Å². The summed E-state index contributed by atoms with van der Waals surface area (Å²) < 4.78 is 5.37. The van der Waals surface area contributed by atoms with Crippen molar-refractivity contribution < 1.29 is 14.3 Å². The SMILES string of the molecule is O=C(C=Cc1ccc(Cl)c(Cl)c1)N1CCC(=O)N(CCCNC2CCOCC2)CC1. The van der Waals surface area contributed by atoms with E-state index in [1.165, 1.54) is 6.08 Å². The van der Waals surface area contributed by atoms with Crippen LogP contribution in [0.1, 0.15) is 31.2 Å². The van der Waals surface area contributed by atoms with E-state index < -0.39 is 0 Å². The number of carbonyl (C=O) groups is 2. The number of ether oxygens (including phenoxy) is 1. The van der Waals surface area contributed by atoms with Gasteiger partial charge in [-0.05, 0) is 49.6 Å². The van der Waals surface area contributed by atoms with Gasteiger partial charge in [-0.25, -0.2) is 0 Å². The van der Waals surface area contributed by atoms with Crippen LogP contribution < -0.4 is 5.32 Å². The average Bonchev–Trinajstić information content (AvgIpc) is 2.94. The van der Waals surface area contributed by atoms with Gasteiger partial charge in [0.25, 0.3) is 0 Å². The van der Waals surface area contributed by atoms with Crippen molar-refractivity contribution in [2.24, 2.45) is 0 Å². The largest absolute Gasteiger partial charge is 0.381 e. The van der Waals surface area contributed by atoms with Gasteiger partial charge >= 0.3 is 0 Å².